The van der Waals surface area contributed by atoms with Gasteiger partial charge in [-0.1, -0.05) is 0 Å². The largest absolute Gasteiger partial charge is 0.375 e. The molecule has 8 nitrogen and oxygen atoms in total. The van der Waals surface area contributed by atoms with Crippen molar-refractivity contribution in [3.63, 3.8) is 0 Å². The number of ether oxygens (including phenoxy) is 1. The van der Waals surface area contributed by atoms with Crippen LogP contribution in [0.2, 0.25) is 0 Å². The Labute approximate surface area is 140 Å². The molecule has 0 spiro atoms. The van der Waals surface area contributed by atoms with Crippen molar-refractivity contribution in [3.8, 4) is 0 Å². The maximum Gasteiger partial charge on any atom is 0.258 e. The van der Waals surface area contributed by atoms with E-state index >= 15 is 0 Å². The van der Waals surface area contributed by atoms with Crippen LogP contribution in [0.4, 0.5) is 0 Å². The fraction of sp³-hybridized carbons (Fsp3) is 0.500. The van der Waals surface area contributed by atoms with Gasteiger partial charge in [0.05, 0.1) is 17.9 Å². The molecule has 0 aliphatic carbocycles. The van der Waals surface area contributed by atoms with E-state index in [-0.39, 0.29) is 24.5 Å². The summed E-state index contributed by atoms with van der Waals surface area (Å²) in [5, 5.41) is 4.34. The van der Waals surface area contributed by atoms with E-state index in [4.69, 9.17) is 4.74 Å². The Balaban J connectivity index is 2.01. The third-order valence-electron chi connectivity index (χ3n) is 4.25. The minimum absolute atomic E-state index is 0.0401. The standard InChI is InChI=1S/C16H21N5O3/c1-19(2)16(23)11-9-18-21-13(6-7-17-15(11)21)12-5-4-8-20(12)14(22)10-24-3/h6-7,9,12H,4-5,8,10H2,1-3H3/t12-/m1/s1. The monoisotopic (exact) mass is 331 g/mol. The maximum absolute atomic E-state index is 12.3. The summed E-state index contributed by atoms with van der Waals surface area (Å²) in [6.07, 6.45) is 4.97. The van der Waals surface area contributed by atoms with Crippen molar-refractivity contribution < 1.29 is 14.3 Å². The van der Waals surface area contributed by atoms with Crippen molar-refractivity contribution in [2.24, 2.45) is 0 Å². The Hall–Kier alpha value is -2.48. The number of aromatic nitrogens is 3. The molecule has 1 aliphatic heterocycles. The average Bonchev–Trinajstić information content (AvgIpc) is 3.21. The molecule has 0 aromatic carbocycles. The SMILES string of the molecule is COCC(=O)N1CCC[C@@H]1c1ccnc2c(C(=O)N(C)C)cnn12. The number of likely N-dealkylation sites (tertiary alicyclic amines) is 1. The first kappa shape index (κ1) is 16.4. The minimum atomic E-state index is -0.145. The van der Waals surface area contributed by atoms with Crippen LogP contribution in [-0.2, 0) is 9.53 Å². The summed E-state index contributed by atoms with van der Waals surface area (Å²) in [6.45, 7) is 0.760. The number of carbonyl (C=O) groups excluding carboxylic acids is 2. The molecule has 0 N–H and O–H groups in total. The van der Waals surface area contributed by atoms with E-state index in [0.29, 0.717) is 17.8 Å². The Kier molecular flexibility index (Phi) is 4.48. The Bertz CT molecular complexity index is 770. The molecule has 2 amide bonds. The molecule has 128 valence electrons. The van der Waals surface area contributed by atoms with Crippen LogP contribution in [0.15, 0.2) is 18.5 Å². The van der Waals surface area contributed by atoms with Crippen LogP contribution < -0.4 is 0 Å². The van der Waals surface area contributed by atoms with Gasteiger partial charge in [0, 0.05) is 33.9 Å². The Morgan fingerprint density at radius 2 is 2.21 bits per heavy atom. The van der Waals surface area contributed by atoms with E-state index in [2.05, 4.69) is 10.1 Å². The lowest BCUT2D eigenvalue weighted by molar-refractivity contribution is -0.136. The van der Waals surface area contributed by atoms with Gasteiger partial charge in [-0.25, -0.2) is 9.50 Å². The Morgan fingerprint density at radius 1 is 1.42 bits per heavy atom. The smallest absolute Gasteiger partial charge is 0.258 e. The molecule has 1 fully saturated rings. The van der Waals surface area contributed by atoms with Gasteiger partial charge in [-0.3, -0.25) is 9.59 Å². The third-order valence-corrected chi connectivity index (χ3v) is 4.25. The first-order valence-corrected chi connectivity index (χ1v) is 7.87. The van der Waals surface area contributed by atoms with Crippen molar-refractivity contribution in [1.82, 2.24) is 24.4 Å². The second-order valence-electron chi connectivity index (χ2n) is 6.04. The maximum atomic E-state index is 12.3. The molecule has 0 unspecified atom stereocenters. The first-order valence-electron chi connectivity index (χ1n) is 7.87. The molecule has 3 heterocycles. The molecule has 0 saturated carbocycles. The fourth-order valence-corrected chi connectivity index (χ4v) is 3.13. The number of rotatable bonds is 4. The number of methoxy groups -OCH3 is 1. The fourth-order valence-electron chi connectivity index (χ4n) is 3.13. The predicted molar refractivity (Wildman–Crippen MR) is 86.6 cm³/mol. The predicted octanol–water partition coefficient (Wildman–Crippen LogP) is 0.741. The number of nitrogens with zero attached hydrogens (tertiary/aromatic N) is 5. The van der Waals surface area contributed by atoms with Crippen molar-refractivity contribution in [1.29, 1.82) is 0 Å². The lowest BCUT2D eigenvalue weighted by atomic mass is 10.1. The number of hydrogen-bond donors (Lipinski definition) is 0. The van der Waals surface area contributed by atoms with Gasteiger partial charge in [0.15, 0.2) is 5.65 Å². The van der Waals surface area contributed by atoms with E-state index in [0.717, 1.165) is 18.5 Å². The molecular formula is C16H21N5O3. The lowest BCUT2D eigenvalue weighted by Crippen LogP contribution is -2.34. The highest BCUT2D eigenvalue weighted by molar-refractivity contribution is 5.99. The van der Waals surface area contributed by atoms with Gasteiger partial charge >= 0.3 is 0 Å². The van der Waals surface area contributed by atoms with Crippen molar-refractivity contribution in [2.45, 2.75) is 18.9 Å². The molecule has 1 aliphatic rings. The third kappa shape index (κ3) is 2.73. The average molecular weight is 331 g/mol. The van der Waals surface area contributed by atoms with Crippen LogP contribution in [-0.4, -0.2) is 70.6 Å². The number of carbonyl (C=O) groups is 2. The molecule has 1 atom stereocenters. The summed E-state index contributed by atoms with van der Waals surface area (Å²) >= 11 is 0. The molecule has 2 aromatic heterocycles. The quantitative estimate of drug-likeness (QED) is 0.825. The first-order chi connectivity index (χ1) is 11.5. The summed E-state index contributed by atoms with van der Waals surface area (Å²) in [6, 6.07) is 1.77. The lowest BCUT2D eigenvalue weighted by Gasteiger charge is -2.25. The van der Waals surface area contributed by atoms with E-state index in [1.807, 2.05) is 11.0 Å². The number of amides is 2. The molecule has 24 heavy (non-hydrogen) atoms. The highest BCUT2D eigenvalue weighted by Crippen LogP contribution is 2.32. The highest BCUT2D eigenvalue weighted by Gasteiger charge is 2.32. The van der Waals surface area contributed by atoms with Gasteiger partial charge in [-0.05, 0) is 18.9 Å². The molecule has 3 rings (SSSR count). The van der Waals surface area contributed by atoms with Crippen LogP contribution in [0, 0.1) is 0 Å². The van der Waals surface area contributed by atoms with Crippen molar-refractivity contribution in [2.75, 3.05) is 34.4 Å². The van der Waals surface area contributed by atoms with Crippen molar-refractivity contribution >= 4 is 17.5 Å². The van der Waals surface area contributed by atoms with E-state index in [9.17, 15) is 9.59 Å². The van der Waals surface area contributed by atoms with E-state index in [1.54, 1.807) is 24.8 Å². The summed E-state index contributed by atoms with van der Waals surface area (Å²) in [7, 11) is 4.90. The van der Waals surface area contributed by atoms with Gasteiger partial charge in [0.25, 0.3) is 5.91 Å². The molecule has 1 saturated heterocycles. The highest BCUT2D eigenvalue weighted by atomic mass is 16.5. The zero-order valence-corrected chi connectivity index (χ0v) is 14.1. The van der Waals surface area contributed by atoms with Gasteiger partial charge in [0.2, 0.25) is 5.91 Å². The second kappa shape index (κ2) is 6.56. The summed E-state index contributed by atoms with van der Waals surface area (Å²) in [5.41, 5.74) is 1.83. The van der Waals surface area contributed by atoms with Crippen LogP contribution in [0.5, 0.6) is 0 Å². The summed E-state index contributed by atoms with van der Waals surface area (Å²) in [4.78, 5) is 32.1. The summed E-state index contributed by atoms with van der Waals surface area (Å²) in [5.74, 6) is -0.185. The molecule has 0 bridgehead atoms. The van der Waals surface area contributed by atoms with E-state index in [1.165, 1.54) is 18.2 Å². The number of hydrogen-bond acceptors (Lipinski definition) is 5. The molecular weight excluding hydrogens is 310 g/mol. The van der Waals surface area contributed by atoms with Gasteiger partial charge in [-0.15, -0.1) is 0 Å². The van der Waals surface area contributed by atoms with Crippen LogP contribution >= 0.6 is 0 Å². The number of fused-ring (bicyclic) bond motifs is 1. The van der Waals surface area contributed by atoms with Gasteiger partial charge in [-0.2, -0.15) is 5.10 Å². The molecule has 2 aromatic rings. The normalized spacial score (nSPS) is 17.5. The van der Waals surface area contributed by atoms with Gasteiger partial charge < -0.3 is 14.5 Å². The summed E-state index contributed by atoms with van der Waals surface area (Å²) < 4.78 is 6.64. The van der Waals surface area contributed by atoms with Crippen LogP contribution in [0.25, 0.3) is 5.65 Å². The second-order valence-corrected chi connectivity index (χ2v) is 6.04. The van der Waals surface area contributed by atoms with Gasteiger partial charge in [0.1, 0.15) is 12.2 Å². The Morgan fingerprint density at radius 3 is 2.92 bits per heavy atom. The molecule has 8 heteroatoms. The van der Waals surface area contributed by atoms with Crippen molar-refractivity contribution in [3.05, 3.63) is 29.7 Å². The van der Waals surface area contributed by atoms with Crippen LogP contribution in [0.1, 0.15) is 34.9 Å². The molecule has 0 radical (unpaired) electrons. The minimum Gasteiger partial charge on any atom is -0.375 e. The zero-order chi connectivity index (χ0) is 17.3. The van der Waals surface area contributed by atoms with Crippen LogP contribution in [0.3, 0.4) is 0 Å². The van der Waals surface area contributed by atoms with E-state index < -0.39 is 0 Å². The topological polar surface area (TPSA) is 80.0 Å². The zero-order valence-electron chi connectivity index (χ0n) is 14.1.